The average molecular weight is 285 g/mol. The summed E-state index contributed by atoms with van der Waals surface area (Å²) < 4.78 is 0. The minimum Gasteiger partial charge on any atom is -0.480 e. The fraction of sp³-hybridized carbons (Fsp3) is 0.941. The van der Waals surface area contributed by atoms with E-state index in [1.165, 1.54) is 57.8 Å². The zero-order chi connectivity index (χ0) is 15.2. The number of nitrogens with zero attached hydrogens (tertiary/aromatic N) is 1. The van der Waals surface area contributed by atoms with Crippen molar-refractivity contribution in [3.05, 3.63) is 0 Å². The van der Waals surface area contributed by atoms with E-state index in [0.29, 0.717) is 6.42 Å². The molecule has 0 aliphatic rings. The van der Waals surface area contributed by atoms with E-state index in [9.17, 15) is 4.79 Å². The molecule has 0 aliphatic heterocycles. The van der Waals surface area contributed by atoms with Crippen LogP contribution in [0.3, 0.4) is 0 Å². The molecular formula is C17H35NO2. The van der Waals surface area contributed by atoms with Crippen molar-refractivity contribution in [1.29, 1.82) is 0 Å². The average Bonchev–Trinajstić information content (AvgIpc) is 2.41. The summed E-state index contributed by atoms with van der Waals surface area (Å²) in [7, 11) is 1.93. The number of carbonyl (C=O) groups is 1. The monoisotopic (exact) mass is 285 g/mol. The second-order valence-electron chi connectivity index (χ2n) is 5.92. The minimum absolute atomic E-state index is 0.312. The van der Waals surface area contributed by atoms with Gasteiger partial charge in [0.2, 0.25) is 0 Å². The van der Waals surface area contributed by atoms with Crippen molar-refractivity contribution in [3.8, 4) is 0 Å². The minimum atomic E-state index is -0.693. The number of aliphatic carboxylic acids is 1. The fourth-order valence-electron chi connectivity index (χ4n) is 2.68. The maximum Gasteiger partial charge on any atom is 0.320 e. The van der Waals surface area contributed by atoms with Crippen molar-refractivity contribution in [2.45, 2.75) is 90.5 Å². The standard InChI is InChI=1S/C17H35NO2/c1-4-6-7-8-9-10-11-12-13-14-15-18(3)16(5-2)17(19)20/h16H,4-15H2,1-3H3,(H,19,20). The summed E-state index contributed by atoms with van der Waals surface area (Å²) in [5.74, 6) is -0.693. The number of rotatable bonds is 14. The van der Waals surface area contributed by atoms with Crippen LogP contribution in [-0.2, 0) is 4.79 Å². The van der Waals surface area contributed by atoms with Crippen LogP contribution in [0.4, 0.5) is 0 Å². The third kappa shape index (κ3) is 10.2. The van der Waals surface area contributed by atoms with Crippen LogP contribution in [-0.4, -0.2) is 35.6 Å². The van der Waals surface area contributed by atoms with Gasteiger partial charge in [0, 0.05) is 0 Å². The lowest BCUT2D eigenvalue weighted by Gasteiger charge is -2.23. The Hall–Kier alpha value is -0.570. The summed E-state index contributed by atoms with van der Waals surface area (Å²) >= 11 is 0. The Labute approximate surface area is 125 Å². The normalized spacial score (nSPS) is 12.8. The Morgan fingerprint density at radius 3 is 1.75 bits per heavy atom. The first-order chi connectivity index (χ1) is 9.63. The lowest BCUT2D eigenvalue weighted by Crippen LogP contribution is -2.38. The largest absolute Gasteiger partial charge is 0.480 e. The van der Waals surface area contributed by atoms with E-state index < -0.39 is 5.97 Å². The number of hydrogen-bond acceptors (Lipinski definition) is 2. The molecule has 0 saturated carbocycles. The molecule has 0 aromatic carbocycles. The number of hydrogen-bond donors (Lipinski definition) is 1. The first kappa shape index (κ1) is 19.4. The lowest BCUT2D eigenvalue weighted by molar-refractivity contribution is -0.142. The van der Waals surface area contributed by atoms with Crippen molar-refractivity contribution in [1.82, 2.24) is 4.90 Å². The molecule has 1 N–H and O–H groups in total. The van der Waals surface area contributed by atoms with Crippen LogP contribution in [0.15, 0.2) is 0 Å². The van der Waals surface area contributed by atoms with Gasteiger partial charge in [0.25, 0.3) is 0 Å². The molecule has 0 heterocycles. The van der Waals surface area contributed by atoms with E-state index in [1.807, 2.05) is 18.9 Å². The van der Waals surface area contributed by atoms with Gasteiger partial charge in [-0.2, -0.15) is 0 Å². The molecule has 0 amide bonds. The van der Waals surface area contributed by atoms with Gasteiger partial charge >= 0.3 is 5.97 Å². The molecule has 0 aromatic rings. The third-order valence-electron chi connectivity index (χ3n) is 4.07. The van der Waals surface area contributed by atoms with Crippen LogP contribution in [0.2, 0.25) is 0 Å². The van der Waals surface area contributed by atoms with E-state index in [-0.39, 0.29) is 6.04 Å². The molecule has 0 rings (SSSR count). The van der Waals surface area contributed by atoms with E-state index in [4.69, 9.17) is 5.11 Å². The van der Waals surface area contributed by atoms with Crippen LogP contribution < -0.4 is 0 Å². The molecule has 3 heteroatoms. The van der Waals surface area contributed by atoms with E-state index in [0.717, 1.165) is 13.0 Å². The molecule has 0 aromatic heterocycles. The Morgan fingerprint density at radius 1 is 0.900 bits per heavy atom. The summed E-state index contributed by atoms with van der Waals surface area (Å²) in [4.78, 5) is 13.0. The number of carboxylic acid groups (broad SMARTS) is 1. The molecule has 0 spiro atoms. The van der Waals surface area contributed by atoms with Gasteiger partial charge < -0.3 is 5.11 Å². The SMILES string of the molecule is CCCCCCCCCCCCN(C)C(CC)C(=O)O. The van der Waals surface area contributed by atoms with Gasteiger partial charge in [0.15, 0.2) is 0 Å². The van der Waals surface area contributed by atoms with Crippen LogP contribution in [0.1, 0.15) is 84.5 Å². The molecule has 1 unspecified atom stereocenters. The van der Waals surface area contributed by atoms with Crippen molar-refractivity contribution in [3.63, 3.8) is 0 Å². The van der Waals surface area contributed by atoms with E-state index in [2.05, 4.69) is 6.92 Å². The molecule has 0 radical (unpaired) electrons. The van der Waals surface area contributed by atoms with Gasteiger partial charge in [0.1, 0.15) is 6.04 Å². The molecule has 20 heavy (non-hydrogen) atoms. The van der Waals surface area contributed by atoms with Gasteiger partial charge in [-0.05, 0) is 26.4 Å². The molecule has 3 nitrogen and oxygen atoms in total. The highest BCUT2D eigenvalue weighted by atomic mass is 16.4. The van der Waals surface area contributed by atoms with Crippen molar-refractivity contribution in [2.24, 2.45) is 0 Å². The zero-order valence-electron chi connectivity index (χ0n) is 13.9. The zero-order valence-corrected chi connectivity index (χ0v) is 13.9. The first-order valence-electron chi connectivity index (χ1n) is 8.56. The summed E-state index contributed by atoms with van der Waals surface area (Å²) in [6.07, 6.45) is 13.9. The Bertz CT molecular complexity index is 231. The van der Waals surface area contributed by atoms with Crippen molar-refractivity contribution >= 4 is 5.97 Å². The second-order valence-corrected chi connectivity index (χ2v) is 5.92. The Balaban J connectivity index is 3.37. The van der Waals surface area contributed by atoms with Crippen molar-refractivity contribution < 1.29 is 9.90 Å². The van der Waals surface area contributed by atoms with Crippen LogP contribution >= 0.6 is 0 Å². The van der Waals surface area contributed by atoms with E-state index in [1.54, 1.807) is 0 Å². The van der Waals surface area contributed by atoms with E-state index >= 15 is 0 Å². The lowest BCUT2D eigenvalue weighted by atomic mass is 10.1. The smallest absolute Gasteiger partial charge is 0.320 e. The molecule has 0 bridgehead atoms. The predicted molar refractivity (Wildman–Crippen MR) is 86.2 cm³/mol. The summed E-state index contributed by atoms with van der Waals surface area (Å²) in [5, 5.41) is 9.06. The van der Waals surface area contributed by atoms with Gasteiger partial charge in [-0.3, -0.25) is 9.69 Å². The topological polar surface area (TPSA) is 40.5 Å². The highest BCUT2D eigenvalue weighted by Gasteiger charge is 2.19. The quantitative estimate of drug-likeness (QED) is 0.470. The summed E-state index contributed by atoms with van der Waals surface area (Å²) in [5.41, 5.74) is 0. The van der Waals surface area contributed by atoms with Gasteiger partial charge in [-0.25, -0.2) is 0 Å². The predicted octanol–water partition coefficient (Wildman–Crippen LogP) is 4.70. The Morgan fingerprint density at radius 2 is 1.35 bits per heavy atom. The summed E-state index contributed by atoms with van der Waals surface area (Å²) in [6, 6.07) is -0.312. The number of carboxylic acids is 1. The molecule has 0 saturated heterocycles. The first-order valence-corrected chi connectivity index (χ1v) is 8.56. The Kier molecular flexibility index (Phi) is 13.0. The van der Waals surface area contributed by atoms with Crippen LogP contribution in [0, 0.1) is 0 Å². The van der Waals surface area contributed by atoms with Gasteiger partial charge in [-0.15, -0.1) is 0 Å². The molecule has 0 aliphatic carbocycles. The van der Waals surface area contributed by atoms with Crippen LogP contribution in [0.25, 0.3) is 0 Å². The maximum absolute atomic E-state index is 11.0. The highest BCUT2D eigenvalue weighted by molar-refractivity contribution is 5.73. The molecule has 0 fully saturated rings. The number of unbranched alkanes of at least 4 members (excludes halogenated alkanes) is 9. The fourth-order valence-corrected chi connectivity index (χ4v) is 2.68. The van der Waals surface area contributed by atoms with Gasteiger partial charge in [0.05, 0.1) is 0 Å². The molecule has 120 valence electrons. The molecular weight excluding hydrogens is 250 g/mol. The van der Waals surface area contributed by atoms with Crippen molar-refractivity contribution in [2.75, 3.05) is 13.6 Å². The highest BCUT2D eigenvalue weighted by Crippen LogP contribution is 2.11. The summed E-state index contributed by atoms with van der Waals surface area (Å²) in [6.45, 7) is 5.10. The van der Waals surface area contributed by atoms with Crippen LogP contribution in [0.5, 0.6) is 0 Å². The van der Waals surface area contributed by atoms with Gasteiger partial charge in [-0.1, -0.05) is 71.6 Å². The maximum atomic E-state index is 11.0. The number of likely N-dealkylation sites (N-methyl/N-ethyl adjacent to an activating group) is 1. The second kappa shape index (κ2) is 13.4. The molecule has 1 atom stereocenters. The third-order valence-corrected chi connectivity index (χ3v) is 4.07.